The van der Waals surface area contributed by atoms with Crippen molar-refractivity contribution in [3.63, 3.8) is 0 Å². The van der Waals surface area contributed by atoms with E-state index in [1.807, 2.05) is 0 Å². The van der Waals surface area contributed by atoms with Gasteiger partial charge in [0.05, 0.1) is 4.92 Å². The molecule has 0 bridgehead atoms. The summed E-state index contributed by atoms with van der Waals surface area (Å²) in [7, 11) is 0. The Labute approximate surface area is 87.0 Å². The minimum absolute atomic E-state index is 0.188. The summed E-state index contributed by atoms with van der Waals surface area (Å²) in [5.41, 5.74) is 4.49. The number of nitrogens with zero attached hydrogens (tertiary/aromatic N) is 2. The van der Waals surface area contributed by atoms with E-state index in [1.165, 1.54) is 0 Å². The van der Waals surface area contributed by atoms with E-state index in [2.05, 4.69) is 9.72 Å². The molecule has 0 aliphatic carbocycles. The third-order valence-corrected chi connectivity index (χ3v) is 1.55. The van der Waals surface area contributed by atoms with Gasteiger partial charge in [0.2, 0.25) is 5.88 Å². The van der Waals surface area contributed by atoms with Crippen LogP contribution in [0.4, 0.5) is 18.9 Å². The fraction of sp³-hybridized carbons (Fsp3) is 0.286. The predicted octanol–water partition coefficient (Wildman–Crippen LogP) is 1.35. The summed E-state index contributed by atoms with van der Waals surface area (Å²) >= 11 is 0. The van der Waals surface area contributed by atoms with Crippen molar-refractivity contribution in [1.29, 1.82) is 0 Å². The molecule has 0 aliphatic rings. The second-order valence-corrected chi connectivity index (χ2v) is 2.67. The first kappa shape index (κ1) is 12.2. The Morgan fingerprint density at radius 3 is 2.62 bits per heavy atom. The molecular weight excluding hydrogens is 231 g/mol. The molecule has 0 aliphatic heterocycles. The van der Waals surface area contributed by atoms with Gasteiger partial charge in [0, 0.05) is 18.2 Å². The highest BCUT2D eigenvalue weighted by atomic mass is 19.4. The van der Waals surface area contributed by atoms with Gasteiger partial charge in [-0.3, -0.25) is 10.1 Å². The normalized spacial score (nSPS) is 11.2. The number of hydrogen-bond acceptors (Lipinski definition) is 5. The van der Waals surface area contributed by atoms with Gasteiger partial charge in [-0.1, -0.05) is 0 Å². The average molecular weight is 237 g/mol. The lowest BCUT2D eigenvalue weighted by molar-refractivity contribution is -0.385. The Bertz CT molecular complexity index is 408. The van der Waals surface area contributed by atoms with Gasteiger partial charge in [-0.05, 0) is 0 Å². The van der Waals surface area contributed by atoms with Crippen LogP contribution in [0.3, 0.4) is 0 Å². The van der Waals surface area contributed by atoms with Gasteiger partial charge < -0.3 is 10.5 Å². The van der Waals surface area contributed by atoms with Crippen LogP contribution in [0.1, 0.15) is 5.56 Å². The molecule has 1 aromatic heterocycles. The standard InChI is InChI=1S/C7H6F3N3O3/c8-7(9,10)16-6-4(2-11)1-5(3-12-6)13(14)15/h1,3H,2,11H2. The van der Waals surface area contributed by atoms with Crippen LogP contribution in [0.25, 0.3) is 0 Å². The summed E-state index contributed by atoms with van der Waals surface area (Å²) in [5.74, 6) is -0.777. The summed E-state index contributed by atoms with van der Waals surface area (Å²) < 4.78 is 39.2. The second kappa shape index (κ2) is 4.31. The van der Waals surface area contributed by atoms with Crippen LogP contribution in [-0.4, -0.2) is 16.3 Å². The summed E-state index contributed by atoms with van der Waals surface area (Å²) in [4.78, 5) is 12.7. The van der Waals surface area contributed by atoms with E-state index in [-0.39, 0.29) is 12.1 Å². The van der Waals surface area contributed by atoms with E-state index >= 15 is 0 Å². The molecule has 88 valence electrons. The van der Waals surface area contributed by atoms with Crippen molar-refractivity contribution in [3.8, 4) is 5.88 Å². The van der Waals surface area contributed by atoms with Gasteiger partial charge in [0.1, 0.15) is 6.20 Å². The molecule has 9 heteroatoms. The highest BCUT2D eigenvalue weighted by Gasteiger charge is 2.33. The molecule has 1 rings (SSSR count). The maximum absolute atomic E-state index is 11.9. The number of alkyl halides is 3. The largest absolute Gasteiger partial charge is 0.574 e. The van der Waals surface area contributed by atoms with Crippen molar-refractivity contribution in [2.75, 3.05) is 0 Å². The lowest BCUT2D eigenvalue weighted by atomic mass is 10.2. The molecule has 16 heavy (non-hydrogen) atoms. The molecule has 2 N–H and O–H groups in total. The lowest BCUT2D eigenvalue weighted by Crippen LogP contribution is -2.19. The molecule has 0 saturated heterocycles. The minimum Gasteiger partial charge on any atom is -0.388 e. The Hall–Kier alpha value is -1.90. The van der Waals surface area contributed by atoms with Gasteiger partial charge in [-0.2, -0.15) is 0 Å². The van der Waals surface area contributed by atoms with Gasteiger partial charge >= 0.3 is 6.36 Å². The molecule has 0 saturated carbocycles. The van der Waals surface area contributed by atoms with Crippen LogP contribution in [-0.2, 0) is 6.54 Å². The van der Waals surface area contributed by atoms with E-state index in [4.69, 9.17) is 5.73 Å². The third kappa shape index (κ3) is 3.05. The quantitative estimate of drug-likeness (QED) is 0.632. The van der Waals surface area contributed by atoms with Crippen LogP contribution >= 0.6 is 0 Å². The van der Waals surface area contributed by atoms with Crippen LogP contribution in [0, 0.1) is 10.1 Å². The zero-order chi connectivity index (χ0) is 12.3. The lowest BCUT2D eigenvalue weighted by Gasteiger charge is -2.10. The smallest absolute Gasteiger partial charge is 0.388 e. The molecule has 1 aromatic rings. The first-order valence-corrected chi connectivity index (χ1v) is 3.92. The van der Waals surface area contributed by atoms with Crippen molar-refractivity contribution >= 4 is 5.69 Å². The number of ether oxygens (including phenoxy) is 1. The van der Waals surface area contributed by atoms with Crippen LogP contribution in [0.15, 0.2) is 12.3 Å². The number of hydrogen-bond donors (Lipinski definition) is 1. The SMILES string of the molecule is NCc1cc([N+](=O)[O-])cnc1OC(F)(F)F. The predicted molar refractivity (Wildman–Crippen MR) is 45.5 cm³/mol. The topological polar surface area (TPSA) is 91.3 Å². The number of nitro groups is 1. The van der Waals surface area contributed by atoms with Crippen molar-refractivity contribution in [1.82, 2.24) is 4.98 Å². The van der Waals surface area contributed by atoms with E-state index < -0.39 is 22.9 Å². The zero-order valence-corrected chi connectivity index (χ0v) is 7.69. The Balaban J connectivity index is 3.07. The maximum atomic E-state index is 11.9. The zero-order valence-electron chi connectivity index (χ0n) is 7.69. The molecule has 6 nitrogen and oxygen atoms in total. The molecule has 0 spiro atoms. The molecular formula is C7H6F3N3O3. The first-order valence-electron chi connectivity index (χ1n) is 3.92. The molecule has 0 aromatic carbocycles. The second-order valence-electron chi connectivity index (χ2n) is 2.67. The Morgan fingerprint density at radius 2 is 2.19 bits per heavy atom. The highest BCUT2D eigenvalue weighted by Crippen LogP contribution is 2.26. The summed E-state index contributed by atoms with van der Waals surface area (Å²) in [6, 6.07) is 0.883. The molecule has 0 radical (unpaired) electrons. The third-order valence-electron chi connectivity index (χ3n) is 1.55. The maximum Gasteiger partial charge on any atom is 0.574 e. The van der Waals surface area contributed by atoms with Crippen molar-refractivity contribution < 1.29 is 22.8 Å². The fourth-order valence-corrected chi connectivity index (χ4v) is 0.933. The van der Waals surface area contributed by atoms with Crippen molar-refractivity contribution in [3.05, 3.63) is 27.9 Å². The number of rotatable bonds is 3. The fourth-order valence-electron chi connectivity index (χ4n) is 0.933. The van der Waals surface area contributed by atoms with Crippen molar-refractivity contribution in [2.24, 2.45) is 5.73 Å². The van der Waals surface area contributed by atoms with Crippen LogP contribution in [0.2, 0.25) is 0 Å². The summed E-state index contributed by atoms with van der Waals surface area (Å²) in [6.45, 7) is -0.347. The molecule has 0 unspecified atom stereocenters. The summed E-state index contributed by atoms with van der Waals surface area (Å²) in [5, 5.41) is 10.3. The molecule has 0 atom stereocenters. The van der Waals surface area contributed by atoms with E-state index in [0.29, 0.717) is 6.20 Å². The Kier molecular flexibility index (Phi) is 3.28. The monoisotopic (exact) mass is 237 g/mol. The van der Waals surface area contributed by atoms with E-state index in [9.17, 15) is 23.3 Å². The average Bonchev–Trinajstić information content (AvgIpc) is 2.15. The minimum atomic E-state index is -4.91. The van der Waals surface area contributed by atoms with Crippen LogP contribution in [0.5, 0.6) is 5.88 Å². The van der Waals surface area contributed by atoms with E-state index in [0.717, 1.165) is 6.07 Å². The van der Waals surface area contributed by atoms with Gasteiger partial charge in [0.15, 0.2) is 0 Å². The van der Waals surface area contributed by atoms with Crippen molar-refractivity contribution in [2.45, 2.75) is 12.9 Å². The first-order chi connectivity index (χ1) is 7.33. The van der Waals surface area contributed by atoms with Crippen LogP contribution < -0.4 is 10.5 Å². The molecule has 0 amide bonds. The molecule has 0 fully saturated rings. The number of halogens is 3. The van der Waals surface area contributed by atoms with E-state index in [1.54, 1.807) is 0 Å². The molecule has 1 heterocycles. The highest BCUT2D eigenvalue weighted by molar-refractivity contribution is 5.37. The summed E-state index contributed by atoms with van der Waals surface area (Å²) in [6.07, 6.45) is -4.24. The van der Waals surface area contributed by atoms with Gasteiger partial charge in [-0.25, -0.2) is 4.98 Å². The van der Waals surface area contributed by atoms with Gasteiger partial charge in [0.25, 0.3) is 5.69 Å². The van der Waals surface area contributed by atoms with Gasteiger partial charge in [-0.15, -0.1) is 13.2 Å². The Morgan fingerprint density at radius 1 is 1.56 bits per heavy atom. The number of aromatic nitrogens is 1. The number of nitrogens with two attached hydrogens (primary N) is 1. The number of pyridine rings is 1.